The molecule has 1 aliphatic heterocycles. The minimum absolute atomic E-state index is 0.0947. The van der Waals surface area contributed by atoms with Crippen LogP contribution in [0.4, 0.5) is 5.69 Å². The summed E-state index contributed by atoms with van der Waals surface area (Å²) in [6, 6.07) is 4.17. The maximum atomic E-state index is 12.1. The topological polar surface area (TPSA) is 84.9 Å². The predicted molar refractivity (Wildman–Crippen MR) is 71.6 cm³/mol. The van der Waals surface area contributed by atoms with Crippen molar-refractivity contribution in [2.24, 2.45) is 5.92 Å². The highest BCUT2D eigenvalue weighted by Crippen LogP contribution is 2.26. The summed E-state index contributed by atoms with van der Waals surface area (Å²) in [5.41, 5.74) is 0.462. The zero-order valence-corrected chi connectivity index (χ0v) is 11.2. The second-order valence-electron chi connectivity index (χ2n) is 4.63. The van der Waals surface area contributed by atoms with Crippen molar-refractivity contribution in [3.8, 4) is 5.75 Å². The lowest BCUT2D eigenvalue weighted by molar-refractivity contribution is -0.123. The zero-order chi connectivity index (χ0) is 14.5. The van der Waals surface area contributed by atoms with Gasteiger partial charge in [-0.3, -0.25) is 4.79 Å². The maximum absolute atomic E-state index is 12.1. The zero-order valence-electron chi connectivity index (χ0n) is 11.2. The molecule has 1 aromatic carbocycles. The minimum Gasteiger partial charge on any atom is -0.506 e. The molecule has 0 radical (unpaired) electrons. The number of carbonyl (C=O) groups excluding carboxylic acids is 2. The van der Waals surface area contributed by atoms with Gasteiger partial charge >= 0.3 is 5.97 Å². The number of carbonyl (C=O) groups is 2. The summed E-state index contributed by atoms with van der Waals surface area (Å²) in [7, 11) is 1.27. The smallest absolute Gasteiger partial charge is 0.337 e. The van der Waals surface area contributed by atoms with E-state index < -0.39 is 5.97 Å². The molecule has 1 aromatic rings. The van der Waals surface area contributed by atoms with Crippen LogP contribution in [0.1, 0.15) is 23.2 Å². The number of rotatable bonds is 3. The van der Waals surface area contributed by atoms with E-state index in [2.05, 4.69) is 10.1 Å². The molecule has 0 spiro atoms. The lowest BCUT2D eigenvalue weighted by atomic mass is 10.0. The molecule has 1 saturated heterocycles. The van der Waals surface area contributed by atoms with Crippen molar-refractivity contribution in [2.75, 3.05) is 25.6 Å². The lowest BCUT2D eigenvalue weighted by Crippen LogP contribution is -2.30. The number of phenolic OH excluding ortho intramolecular Hbond substituents is 1. The monoisotopic (exact) mass is 279 g/mol. The van der Waals surface area contributed by atoms with Gasteiger partial charge in [0, 0.05) is 6.61 Å². The molecule has 0 bridgehead atoms. The molecule has 1 amide bonds. The lowest BCUT2D eigenvalue weighted by Gasteiger charge is -2.21. The third kappa shape index (κ3) is 3.27. The van der Waals surface area contributed by atoms with E-state index in [1.807, 2.05) is 0 Å². The van der Waals surface area contributed by atoms with Crippen molar-refractivity contribution in [3.63, 3.8) is 0 Å². The molecule has 20 heavy (non-hydrogen) atoms. The molecule has 1 fully saturated rings. The standard InChI is InChI=1S/C14H17NO5/c1-19-14(18)9-4-5-12(16)11(7-9)15-13(17)10-3-2-6-20-8-10/h4-5,7,10,16H,2-3,6,8H2,1H3,(H,15,17). The van der Waals surface area contributed by atoms with Gasteiger partial charge < -0.3 is 19.9 Å². The number of nitrogens with one attached hydrogen (secondary N) is 1. The van der Waals surface area contributed by atoms with Crippen molar-refractivity contribution in [1.82, 2.24) is 0 Å². The molecule has 6 nitrogen and oxygen atoms in total. The molecule has 2 N–H and O–H groups in total. The normalized spacial score (nSPS) is 18.4. The van der Waals surface area contributed by atoms with Gasteiger partial charge in [0.15, 0.2) is 0 Å². The molecule has 108 valence electrons. The van der Waals surface area contributed by atoms with Crippen molar-refractivity contribution < 1.29 is 24.2 Å². The molecule has 0 saturated carbocycles. The van der Waals surface area contributed by atoms with Crippen LogP contribution in [-0.4, -0.2) is 37.3 Å². The summed E-state index contributed by atoms with van der Waals surface area (Å²) in [5, 5.41) is 12.4. The van der Waals surface area contributed by atoms with Crippen LogP contribution in [0.25, 0.3) is 0 Å². The fourth-order valence-corrected chi connectivity index (χ4v) is 2.06. The van der Waals surface area contributed by atoms with Crippen LogP contribution in [0.2, 0.25) is 0 Å². The van der Waals surface area contributed by atoms with Gasteiger partial charge in [0.2, 0.25) is 5.91 Å². The Bertz CT molecular complexity index is 508. The molecular weight excluding hydrogens is 262 g/mol. The number of aromatic hydroxyl groups is 1. The summed E-state index contributed by atoms with van der Waals surface area (Å²) in [5.74, 6) is -1.07. The molecule has 1 unspecified atom stereocenters. The Labute approximate surface area is 116 Å². The van der Waals surface area contributed by atoms with E-state index in [0.29, 0.717) is 13.2 Å². The Morgan fingerprint density at radius 1 is 1.45 bits per heavy atom. The number of anilines is 1. The average molecular weight is 279 g/mol. The highest BCUT2D eigenvalue weighted by molar-refractivity contribution is 5.97. The molecule has 0 aliphatic carbocycles. The minimum atomic E-state index is -0.526. The third-order valence-electron chi connectivity index (χ3n) is 3.21. The highest BCUT2D eigenvalue weighted by Gasteiger charge is 2.22. The number of methoxy groups -OCH3 is 1. The van der Waals surface area contributed by atoms with E-state index in [9.17, 15) is 14.7 Å². The third-order valence-corrected chi connectivity index (χ3v) is 3.21. The van der Waals surface area contributed by atoms with E-state index in [1.54, 1.807) is 0 Å². The van der Waals surface area contributed by atoms with Crippen LogP contribution < -0.4 is 5.32 Å². The van der Waals surface area contributed by atoms with Gasteiger partial charge in [-0.05, 0) is 31.0 Å². The summed E-state index contributed by atoms with van der Waals surface area (Å²) >= 11 is 0. The Kier molecular flexibility index (Phi) is 4.57. The Morgan fingerprint density at radius 3 is 2.90 bits per heavy atom. The van der Waals surface area contributed by atoms with Gasteiger partial charge in [-0.15, -0.1) is 0 Å². The quantitative estimate of drug-likeness (QED) is 0.647. The number of hydrogen-bond acceptors (Lipinski definition) is 5. The SMILES string of the molecule is COC(=O)c1ccc(O)c(NC(=O)C2CCCOC2)c1. The first-order chi connectivity index (χ1) is 9.61. The molecule has 0 aromatic heterocycles. The molecular formula is C14H17NO5. The first-order valence-corrected chi connectivity index (χ1v) is 6.41. The fourth-order valence-electron chi connectivity index (χ4n) is 2.06. The second-order valence-corrected chi connectivity index (χ2v) is 4.63. The van der Waals surface area contributed by atoms with E-state index in [-0.39, 0.29) is 28.8 Å². The fraction of sp³-hybridized carbons (Fsp3) is 0.429. The van der Waals surface area contributed by atoms with Crippen LogP contribution in [-0.2, 0) is 14.3 Å². The van der Waals surface area contributed by atoms with Crippen LogP contribution in [0.3, 0.4) is 0 Å². The van der Waals surface area contributed by atoms with Crippen molar-refractivity contribution >= 4 is 17.6 Å². The Balaban J connectivity index is 2.11. The van der Waals surface area contributed by atoms with Gasteiger partial charge in [0.1, 0.15) is 5.75 Å². The van der Waals surface area contributed by atoms with E-state index in [4.69, 9.17) is 4.74 Å². The van der Waals surface area contributed by atoms with Crippen molar-refractivity contribution in [2.45, 2.75) is 12.8 Å². The van der Waals surface area contributed by atoms with Crippen LogP contribution in [0.15, 0.2) is 18.2 Å². The number of ether oxygens (including phenoxy) is 2. The van der Waals surface area contributed by atoms with Crippen LogP contribution >= 0.6 is 0 Å². The van der Waals surface area contributed by atoms with Gasteiger partial charge in [0.25, 0.3) is 0 Å². The van der Waals surface area contributed by atoms with Gasteiger partial charge in [0.05, 0.1) is 30.9 Å². The molecule has 1 atom stereocenters. The number of esters is 1. The highest BCUT2D eigenvalue weighted by atomic mass is 16.5. The first-order valence-electron chi connectivity index (χ1n) is 6.41. The van der Waals surface area contributed by atoms with Crippen molar-refractivity contribution in [3.05, 3.63) is 23.8 Å². The summed E-state index contributed by atoms with van der Waals surface area (Å²) in [6.07, 6.45) is 1.59. The van der Waals surface area contributed by atoms with E-state index >= 15 is 0 Å². The second kappa shape index (κ2) is 6.38. The van der Waals surface area contributed by atoms with Crippen molar-refractivity contribution in [1.29, 1.82) is 0 Å². The Hall–Kier alpha value is -2.08. The van der Waals surface area contributed by atoms with Gasteiger partial charge in [-0.2, -0.15) is 0 Å². The first kappa shape index (κ1) is 14.3. The summed E-state index contributed by atoms with van der Waals surface area (Å²) in [4.78, 5) is 23.5. The largest absolute Gasteiger partial charge is 0.506 e. The summed E-state index contributed by atoms with van der Waals surface area (Å²) in [6.45, 7) is 1.05. The summed E-state index contributed by atoms with van der Waals surface area (Å²) < 4.78 is 9.85. The Morgan fingerprint density at radius 2 is 2.25 bits per heavy atom. The van der Waals surface area contributed by atoms with E-state index in [1.165, 1.54) is 25.3 Å². The number of amides is 1. The van der Waals surface area contributed by atoms with E-state index in [0.717, 1.165) is 12.8 Å². The number of phenols is 1. The van der Waals surface area contributed by atoms with Gasteiger partial charge in [-0.25, -0.2) is 4.79 Å². The van der Waals surface area contributed by atoms with Crippen LogP contribution in [0, 0.1) is 5.92 Å². The predicted octanol–water partition coefficient (Wildman–Crippen LogP) is 1.54. The average Bonchev–Trinajstić information content (AvgIpc) is 2.49. The number of benzene rings is 1. The van der Waals surface area contributed by atoms with Gasteiger partial charge in [-0.1, -0.05) is 0 Å². The van der Waals surface area contributed by atoms with Crippen LogP contribution in [0.5, 0.6) is 5.75 Å². The maximum Gasteiger partial charge on any atom is 0.337 e. The molecule has 2 rings (SSSR count). The number of hydrogen-bond donors (Lipinski definition) is 2. The molecule has 1 aliphatic rings. The molecule has 6 heteroatoms. The molecule has 1 heterocycles.